The largest absolute Gasteiger partial charge is 0.328 e. The van der Waals surface area contributed by atoms with Crippen molar-refractivity contribution in [3.05, 3.63) is 30.3 Å². The first-order valence-electron chi connectivity index (χ1n) is 8.11. The number of hydrogen-bond donors (Lipinski definition) is 0. The van der Waals surface area contributed by atoms with E-state index in [1.54, 1.807) is 9.80 Å². The van der Waals surface area contributed by atoms with Crippen LogP contribution in [-0.4, -0.2) is 52.3 Å². The summed E-state index contributed by atoms with van der Waals surface area (Å²) in [5.41, 5.74) is 0.812. The highest BCUT2D eigenvalue weighted by molar-refractivity contribution is 6.11. The Hall–Kier alpha value is -2.37. The van der Waals surface area contributed by atoms with Gasteiger partial charge in [-0.1, -0.05) is 18.2 Å². The second-order valence-corrected chi connectivity index (χ2v) is 6.49. The minimum atomic E-state index is -0.671. The highest BCUT2D eigenvalue weighted by atomic mass is 16.2. The van der Waals surface area contributed by atoms with Crippen molar-refractivity contribution in [2.24, 2.45) is 0 Å². The summed E-state index contributed by atoms with van der Waals surface area (Å²) < 4.78 is 0. The molecule has 0 aliphatic carbocycles. The lowest BCUT2D eigenvalue weighted by Gasteiger charge is -2.23. The maximum atomic E-state index is 12.9. The molecule has 1 aromatic rings. The first-order valence-corrected chi connectivity index (χ1v) is 8.11. The van der Waals surface area contributed by atoms with Crippen molar-refractivity contribution in [3.63, 3.8) is 0 Å². The number of nitrogens with zero attached hydrogens (tertiary/aromatic N) is 3. The molecular formula is C17H19N3O3. The highest BCUT2D eigenvalue weighted by Crippen LogP contribution is 2.35. The van der Waals surface area contributed by atoms with Crippen molar-refractivity contribution in [1.29, 1.82) is 0 Å². The number of carbonyl (C=O) groups is 3. The first kappa shape index (κ1) is 14.2. The molecule has 3 aliphatic rings. The number of para-hydroxylation sites is 1. The third-order valence-electron chi connectivity index (χ3n) is 5.10. The number of amides is 4. The summed E-state index contributed by atoms with van der Waals surface area (Å²) in [6.45, 7) is 2.57. The molecule has 23 heavy (non-hydrogen) atoms. The fourth-order valence-electron chi connectivity index (χ4n) is 4.03. The van der Waals surface area contributed by atoms with Crippen LogP contribution < -0.4 is 4.90 Å². The third-order valence-corrected chi connectivity index (χ3v) is 5.10. The Morgan fingerprint density at radius 2 is 1.65 bits per heavy atom. The van der Waals surface area contributed by atoms with Crippen LogP contribution in [0, 0.1) is 0 Å². The van der Waals surface area contributed by atoms with Crippen molar-refractivity contribution in [3.8, 4) is 0 Å². The highest BCUT2D eigenvalue weighted by Gasteiger charge is 2.54. The number of rotatable bonds is 2. The Morgan fingerprint density at radius 1 is 0.957 bits per heavy atom. The number of anilines is 1. The molecule has 6 nitrogen and oxygen atoms in total. The lowest BCUT2D eigenvalue weighted by molar-refractivity contribution is -0.133. The number of imide groups is 1. The molecule has 0 N–H and O–H groups in total. The molecule has 0 saturated carbocycles. The van der Waals surface area contributed by atoms with Gasteiger partial charge in [0.05, 0.1) is 0 Å². The van der Waals surface area contributed by atoms with Crippen molar-refractivity contribution < 1.29 is 14.4 Å². The van der Waals surface area contributed by atoms with Crippen LogP contribution in [0.5, 0.6) is 0 Å². The second kappa shape index (κ2) is 5.08. The molecule has 3 heterocycles. The van der Waals surface area contributed by atoms with Gasteiger partial charge in [0, 0.05) is 18.3 Å². The fourth-order valence-corrected chi connectivity index (χ4v) is 4.03. The maximum absolute atomic E-state index is 12.9. The molecule has 120 valence electrons. The van der Waals surface area contributed by atoms with Gasteiger partial charge in [-0.05, 0) is 38.3 Å². The summed E-state index contributed by atoms with van der Waals surface area (Å²) in [5.74, 6) is -0.362. The van der Waals surface area contributed by atoms with Crippen molar-refractivity contribution >= 4 is 23.5 Å². The monoisotopic (exact) mass is 313 g/mol. The van der Waals surface area contributed by atoms with Crippen molar-refractivity contribution in [2.75, 3.05) is 11.4 Å². The number of fused-ring (bicyclic) bond motifs is 1. The summed E-state index contributed by atoms with van der Waals surface area (Å²) in [7, 11) is 0. The summed E-state index contributed by atoms with van der Waals surface area (Å²) in [5, 5.41) is 0. The van der Waals surface area contributed by atoms with Crippen LogP contribution in [0.4, 0.5) is 10.5 Å². The van der Waals surface area contributed by atoms with Crippen LogP contribution in [0.1, 0.15) is 26.2 Å². The molecule has 0 radical (unpaired) electrons. The van der Waals surface area contributed by atoms with Crippen LogP contribution in [0.25, 0.3) is 0 Å². The summed E-state index contributed by atoms with van der Waals surface area (Å²) in [6.07, 6.45) is 2.06. The Balaban J connectivity index is 1.63. The average molecular weight is 313 g/mol. The normalized spacial score (nSPS) is 30.6. The fraction of sp³-hybridized carbons (Fsp3) is 0.471. The van der Waals surface area contributed by atoms with Crippen LogP contribution in [-0.2, 0) is 9.59 Å². The number of benzene rings is 1. The summed E-state index contributed by atoms with van der Waals surface area (Å²) in [4.78, 5) is 42.5. The standard InChI is InChI=1S/C17H19N3O3/c1-11-10-14(16(22)19(11)12-6-3-2-4-7-12)20-15(21)13-8-5-9-18(13)17(20)23/h2-4,6-7,11,13-14H,5,8-10H2,1H3/t11-,13-,14+/m0/s1. The van der Waals surface area contributed by atoms with Crippen molar-refractivity contribution in [1.82, 2.24) is 9.80 Å². The SMILES string of the molecule is C[C@H]1C[C@@H](N2C(=O)[C@@H]3CCCN3C2=O)C(=O)N1c1ccccc1. The quantitative estimate of drug-likeness (QED) is 0.779. The van der Waals surface area contributed by atoms with Gasteiger partial charge in [-0.25, -0.2) is 9.69 Å². The van der Waals surface area contributed by atoms with E-state index in [1.807, 2.05) is 37.3 Å². The van der Waals surface area contributed by atoms with Gasteiger partial charge in [-0.2, -0.15) is 0 Å². The predicted molar refractivity (Wildman–Crippen MR) is 83.8 cm³/mol. The van der Waals surface area contributed by atoms with Gasteiger partial charge in [0.15, 0.2) is 0 Å². The van der Waals surface area contributed by atoms with E-state index in [0.29, 0.717) is 19.4 Å². The van der Waals surface area contributed by atoms with Crippen LogP contribution in [0.2, 0.25) is 0 Å². The minimum Gasteiger partial charge on any atom is -0.312 e. The molecule has 6 heteroatoms. The number of carbonyl (C=O) groups excluding carboxylic acids is 3. The Kier molecular flexibility index (Phi) is 3.14. The van der Waals surface area contributed by atoms with Crippen LogP contribution >= 0.6 is 0 Å². The zero-order valence-electron chi connectivity index (χ0n) is 13.0. The van der Waals surface area contributed by atoms with E-state index in [9.17, 15) is 14.4 Å². The van der Waals surface area contributed by atoms with Gasteiger partial charge in [0.25, 0.3) is 11.8 Å². The predicted octanol–water partition coefficient (Wildman–Crippen LogP) is 1.61. The van der Waals surface area contributed by atoms with E-state index in [1.165, 1.54) is 4.90 Å². The van der Waals surface area contributed by atoms with Gasteiger partial charge in [0.2, 0.25) is 0 Å². The lowest BCUT2D eigenvalue weighted by atomic mass is 10.1. The lowest BCUT2D eigenvalue weighted by Crippen LogP contribution is -2.46. The molecule has 3 atom stereocenters. The molecule has 0 bridgehead atoms. The van der Waals surface area contributed by atoms with E-state index < -0.39 is 6.04 Å². The van der Waals surface area contributed by atoms with Crippen LogP contribution in [0.3, 0.4) is 0 Å². The molecule has 3 fully saturated rings. The number of hydrogen-bond acceptors (Lipinski definition) is 3. The molecule has 1 aromatic carbocycles. The first-order chi connectivity index (χ1) is 11.1. The maximum Gasteiger partial charge on any atom is 0.328 e. The second-order valence-electron chi connectivity index (χ2n) is 6.49. The summed E-state index contributed by atoms with van der Waals surface area (Å²) in [6, 6.07) is 8.06. The zero-order chi connectivity index (χ0) is 16.1. The van der Waals surface area contributed by atoms with Gasteiger partial charge in [-0.3, -0.25) is 9.59 Å². The molecule has 4 amide bonds. The smallest absolute Gasteiger partial charge is 0.312 e. The molecule has 3 saturated heterocycles. The Labute approximate surface area is 134 Å². The van der Waals surface area contributed by atoms with Crippen molar-refractivity contribution in [2.45, 2.75) is 44.3 Å². The molecule has 3 aliphatic heterocycles. The average Bonchev–Trinajstić information content (AvgIpc) is 3.19. The third kappa shape index (κ3) is 1.97. The molecule has 0 aromatic heterocycles. The number of urea groups is 1. The zero-order valence-corrected chi connectivity index (χ0v) is 13.0. The van der Waals surface area contributed by atoms with Crippen LogP contribution in [0.15, 0.2) is 30.3 Å². The van der Waals surface area contributed by atoms with Gasteiger partial charge in [-0.15, -0.1) is 0 Å². The van der Waals surface area contributed by atoms with E-state index in [2.05, 4.69) is 0 Å². The van der Waals surface area contributed by atoms with E-state index in [0.717, 1.165) is 12.1 Å². The summed E-state index contributed by atoms with van der Waals surface area (Å²) >= 11 is 0. The van der Waals surface area contributed by atoms with Gasteiger partial charge >= 0.3 is 6.03 Å². The molecule has 4 rings (SSSR count). The van der Waals surface area contributed by atoms with E-state index in [-0.39, 0.29) is 29.9 Å². The Bertz CT molecular complexity index is 653. The van der Waals surface area contributed by atoms with E-state index in [4.69, 9.17) is 0 Å². The molecule has 0 spiro atoms. The van der Waals surface area contributed by atoms with Gasteiger partial charge in [0.1, 0.15) is 12.1 Å². The molecule has 0 unspecified atom stereocenters. The van der Waals surface area contributed by atoms with E-state index >= 15 is 0 Å². The molecular weight excluding hydrogens is 294 g/mol. The minimum absolute atomic E-state index is 0.0362. The topological polar surface area (TPSA) is 60.9 Å². The Morgan fingerprint density at radius 3 is 2.35 bits per heavy atom. The van der Waals surface area contributed by atoms with Gasteiger partial charge < -0.3 is 9.80 Å².